The van der Waals surface area contributed by atoms with Gasteiger partial charge in [-0.3, -0.25) is 9.59 Å². The van der Waals surface area contributed by atoms with Gasteiger partial charge in [0, 0.05) is 20.1 Å². The molecule has 2 rings (SSSR count). The Labute approximate surface area is 141 Å². The number of methoxy groups -OCH3 is 3. The SMILES string of the molecule is COc1cccc(OC)c1C(=O)NCCC1(OC)C=CC(=O)C=C1. The molecule has 1 amide bonds. The quantitative estimate of drug-likeness (QED) is 0.826. The van der Waals surface area contributed by atoms with Gasteiger partial charge in [-0.1, -0.05) is 6.07 Å². The maximum absolute atomic E-state index is 12.5. The van der Waals surface area contributed by atoms with Gasteiger partial charge < -0.3 is 19.5 Å². The lowest BCUT2D eigenvalue weighted by molar-refractivity contribution is -0.110. The van der Waals surface area contributed by atoms with Crippen LogP contribution in [0.1, 0.15) is 16.8 Å². The van der Waals surface area contributed by atoms with Crippen LogP contribution in [0.5, 0.6) is 11.5 Å². The first-order valence-electron chi connectivity index (χ1n) is 7.52. The molecule has 0 fully saturated rings. The Bertz CT molecular complexity index is 640. The van der Waals surface area contributed by atoms with E-state index in [1.54, 1.807) is 37.5 Å². The molecule has 0 saturated heterocycles. The Kier molecular flexibility index (Phi) is 5.76. The van der Waals surface area contributed by atoms with E-state index in [4.69, 9.17) is 14.2 Å². The van der Waals surface area contributed by atoms with Crippen molar-refractivity contribution >= 4 is 11.7 Å². The van der Waals surface area contributed by atoms with Crippen LogP contribution in [0, 0.1) is 0 Å². The van der Waals surface area contributed by atoms with Gasteiger partial charge in [-0.25, -0.2) is 0 Å². The van der Waals surface area contributed by atoms with E-state index in [9.17, 15) is 9.59 Å². The van der Waals surface area contributed by atoms with Crippen LogP contribution in [-0.2, 0) is 9.53 Å². The number of hydrogen-bond acceptors (Lipinski definition) is 5. The number of amides is 1. The van der Waals surface area contributed by atoms with Crippen molar-refractivity contribution in [1.29, 1.82) is 0 Å². The number of hydrogen-bond donors (Lipinski definition) is 1. The maximum atomic E-state index is 12.5. The maximum Gasteiger partial charge on any atom is 0.258 e. The molecule has 6 heteroatoms. The van der Waals surface area contributed by atoms with Crippen molar-refractivity contribution in [3.8, 4) is 11.5 Å². The number of allylic oxidation sites excluding steroid dienone is 2. The van der Waals surface area contributed by atoms with Gasteiger partial charge >= 0.3 is 0 Å². The second kappa shape index (κ2) is 7.79. The number of ketones is 1. The summed E-state index contributed by atoms with van der Waals surface area (Å²) < 4.78 is 15.9. The van der Waals surface area contributed by atoms with Gasteiger partial charge in [0.15, 0.2) is 5.78 Å². The minimum atomic E-state index is -0.688. The van der Waals surface area contributed by atoms with Crippen molar-refractivity contribution in [3.63, 3.8) is 0 Å². The second-order valence-electron chi connectivity index (χ2n) is 5.27. The van der Waals surface area contributed by atoms with Gasteiger partial charge in [0.2, 0.25) is 0 Å². The molecule has 6 nitrogen and oxygen atoms in total. The summed E-state index contributed by atoms with van der Waals surface area (Å²) in [6.07, 6.45) is 6.83. The molecule has 0 atom stereocenters. The van der Waals surface area contributed by atoms with Crippen molar-refractivity contribution in [2.45, 2.75) is 12.0 Å². The Hall–Kier alpha value is -2.60. The molecule has 0 spiro atoms. The molecule has 0 saturated carbocycles. The second-order valence-corrected chi connectivity index (χ2v) is 5.27. The highest BCUT2D eigenvalue weighted by Gasteiger charge is 2.26. The molecule has 0 unspecified atom stereocenters. The van der Waals surface area contributed by atoms with Crippen LogP contribution in [-0.4, -0.2) is 45.2 Å². The molecule has 0 radical (unpaired) electrons. The molecule has 0 heterocycles. The van der Waals surface area contributed by atoms with Crippen molar-refractivity contribution in [2.24, 2.45) is 0 Å². The molecule has 0 bridgehead atoms. The van der Waals surface area contributed by atoms with Crippen molar-refractivity contribution in [2.75, 3.05) is 27.9 Å². The van der Waals surface area contributed by atoms with E-state index >= 15 is 0 Å². The lowest BCUT2D eigenvalue weighted by Crippen LogP contribution is -2.35. The highest BCUT2D eigenvalue weighted by atomic mass is 16.5. The fourth-order valence-corrected chi connectivity index (χ4v) is 2.50. The first-order chi connectivity index (χ1) is 11.5. The van der Waals surface area contributed by atoms with Crippen LogP contribution < -0.4 is 14.8 Å². The monoisotopic (exact) mass is 331 g/mol. The summed E-state index contributed by atoms with van der Waals surface area (Å²) in [4.78, 5) is 23.7. The normalized spacial score (nSPS) is 15.2. The molecule has 1 N–H and O–H groups in total. The Balaban J connectivity index is 2.05. The Morgan fingerprint density at radius 3 is 2.17 bits per heavy atom. The first kappa shape index (κ1) is 17.7. The molecular formula is C18H21NO5. The predicted molar refractivity (Wildman–Crippen MR) is 89.5 cm³/mol. The van der Waals surface area contributed by atoms with Crippen molar-refractivity contribution in [3.05, 3.63) is 48.1 Å². The van der Waals surface area contributed by atoms with E-state index in [0.29, 0.717) is 30.0 Å². The van der Waals surface area contributed by atoms with Crippen LogP contribution in [0.4, 0.5) is 0 Å². The highest BCUT2D eigenvalue weighted by molar-refractivity contribution is 6.01. The summed E-state index contributed by atoms with van der Waals surface area (Å²) in [5.41, 5.74) is -0.342. The molecule has 24 heavy (non-hydrogen) atoms. The zero-order valence-electron chi connectivity index (χ0n) is 14.0. The lowest BCUT2D eigenvalue weighted by Gasteiger charge is -2.27. The van der Waals surface area contributed by atoms with Gasteiger partial charge in [0.05, 0.1) is 14.2 Å². The van der Waals surface area contributed by atoms with E-state index in [-0.39, 0.29) is 11.7 Å². The number of nitrogens with one attached hydrogen (secondary N) is 1. The van der Waals surface area contributed by atoms with Gasteiger partial charge in [0.1, 0.15) is 22.7 Å². The average Bonchev–Trinajstić information content (AvgIpc) is 2.62. The number of carbonyl (C=O) groups excluding carboxylic acids is 2. The summed E-state index contributed by atoms with van der Waals surface area (Å²) in [6.45, 7) is 0.358. The lowest BCUT2D eigenvalue weighted by atomic mass is 9.93. The van der Waals surface area contributed by atoms with E-state index in [1.807, 2.05) is 0 Å². The van der Waals surface area contributed by atoms with Crippen LogP contribution in [0.25, 0.3) is 0 Å². The summed E-state index contributed by atoms with van der Waals surface area (Å²) in [5, 5.41) is 2.83. The minimum Gasteiger partial charge on any atom is -0.496 e. The average molecular weight is 331 g/mol. The van der Waals surface area contributed by atoms with Gasteiger partial charge in [-0.2, -0.15) is 0 Å². The number of benzene rings is 1. The highest BCUT2D eigenvalue weighted by Crippen LogP contribution is 2.28. The van der Waals surface area contributed by atoms with E-state index in [0.717, 1.165) is 0 Å². The molecular weight excluding hydrogens is 310 g/mol. The fourth-order valence-electron chi connectivity index (χ4n) is 2.50. The molecule has 1 aliphatic rings. The third-order valence-electron chi connectivity index (χ3n) is 3.90. The van der Waals surface area contributed by atoms with E-state index < -0.39 is 5.60 Å². The third-order valence-corrected chi connectivity index (χ3v) is 3.90. The Morgan fingerprint density at radius 1 is 1.08 bits per heavy atom. The smallest absolute Gasteiger partial charge is 0.258 e. The van der Waals surface area contributed by atoms with E-state index in [2.05, 4.69) is 5.32 Å². The fraction of sp³-hybridized carbons (Fsp3) is 0.333. The molecule has 1 aromatic rings. The summed E-state index contributed by atoms with van der Waals surface area (Å²) in [7, 11) is 4.57. The Morgan fingerprint density at radius 2 is 1.67 bits per heavy atom. The van der Waals surface area contributed by atoms with Crippen LogP contribution in [0.15, 0.2) is 42.5 Å². The first-order valence-corrected chi connectivity index (χ1v) is 7.52. The zero-order valence-corrected chi connectivity index (χ0v) is 14.0. The predicted octanol–water partition coefficient (Wildman–Crippen LogP) is 1.90. The van der Waals surface area contributed by atoms with Gasteiger partial charge in [-0.15, -0.1) is 0 Å². The summed E-state index contributed by atoms with van der Waals surface area (Å²) in [5.74, 6) is 0.508. The number of rotatable bonds is 7. The molecule has 1 aromatic carbocycles. The topological polar surface area (TPSA) is 73.9 Å². The third kappa shape index (κ3) is 3.83. The van der Waals surface area contributed by atoms with Crippen molar-refractivity contribution in [1.82, 2.24) is 5.32 Å². The van der Waals surface area contributed by atoms with Crippen LogP contribution in [0.3, 0.4) is 0 Å². The van der Waals surface area contributed by atoms with Crippen LogP contribution in [0.2, 0.25) is 0 Å². The molecule has 1 aliphatic carbocycles. The van der Waals surface area contributed by atoms with Gasteiger partial charge in [0.25, 0.3) is 5.91 Å². The van der Waals surface area contributed by atoms with E-state index in [1.165, 1.54) is 26.4 Å². The molecule has 0 aromatic heterocycles. The molecule has 128 valence electrons. The number of carbonyl (C=O) groups is 2. The largest absolute Gasteiger partial charge is 0.496 e. The van der Waals surface area contributed by atoms with Crippen LogP contribution >= 0.6 is 0 Å². The summed E-state index contributed by atoms with van der Waals surface area (Å²) in [6, 6.07) is 5.15. The standard InChI is InChI=1S/C18H21NO5/c1-22-14-5-4-6-15(23-2)16(14)17(21)19-12-11-18(24-3)9-7-13(20)8-10-18/h4-10H,11-12H2,1-3H3,(H,19,21). The molecule has 0 aliphatic heterocycles. The minimum absolute atomic E-state index is 0.0783. The number of ether oxygens (including phenoxy) is 3. The summed E-state index contributed by atoms with van der Waals surface area (Å²) >= 11 is 0. The van der Waals surface area contributed by atoms with Gasteiger partial charge in [-0.05, 0) is 36.4 Å². The zero-order chi connectivity index (χ0) is 17.6. The van der Waals surface area contributed by atoms with Crippen molar-refractivity contribution < 1.29 is 23.8 Å².